The number of benzene rings is 1. The van der Waals surface area contributed by atoms with Gasteiger partial charge in [0.05, 0.1) is 0 Å². The lowest BCUT2D eigenvalue weighted by Gasteiger charge is -2.05. The number of nitrogens with one attached hydrogen (secondary N) is 2. The number of pyridine rings is 1. The molecule has 0 aliphatic heterocycles. The smallest absolute Gasteiger partial charge is 0.315 e. The maximum atomic E-state index is 12.7. The minimum Gasteiger partial charge on any atom is -0.318 e. The Hall–Kier alpha value is -2.76. The maximum absolute atomic E-state index is 12.7. The molecule has 19 heavy (non-hydrogen) atoms. The molecule has 0 aliphatic rings. The number of halogens is 1. The summed E-state index contributed by atoms with van der Waals surface area (Å²) in [5, 5.41) is 4.68. The average Bonchev–Trinajstić information content (AvgIpc) is 2.42. The van der Waals surface area contributed by atoms with Gasteiger partial charge in [-0.05, 0) is 36.4 Å². The first kappa shape index (κ1) is 12.7. The van der Waals surface area contributed by atoms with Crippen LogP contribution in [-0.4, -0.2) is 16.8 Å². The van der Waals surface area contributed by atoms with Crippen LogP contribution in [0.3, 0.4) is 0 Å². The summed E-state index contributed by atoms with van der Waals surface area (Å²) >= 11 is 0. The number of hydrogen-bond donors (Lipinski definition) is 2. The molecule has 1 aromatic carbocycles. The van der Waals surface area contributed by atoms with Crippen LogP contribution in [0, 0.1) is 5.82 Å². The molecule has 2 N–H and O–H groups in total. The third-order valence-corrected chi connectivity index (χ3v) is 2.21. The van der Waals surface area contributed by atoms with E-state index in [0.29, 0.717) is 5.69 Å². The van der Waals surface area contributed by atoms with Crippen molar-refractivity contribution in [1.82, 2.24) is 4.98 Å². The molecule has 0 bridgehead atoms. The van der Waals surface area contributed by atoms with Crippen molar-refractivity contribution in [2.75, 3.05) is 10.6 Å². The number of hydrogen-bond acceptors (Lipinski definition) is 3. The molecule has 6 heteroatoms. The number of nitrogens with zero attached hydrogens (tertiary/aromatic N) is 1. The summed E-state index contributed by atoms with van der Waals surface area (Å²) in [4.78, 5) is 27.0. The van der Waals surface area contributed by atoms with Gasteiger partial charge in [0.15, 0.2) is 0 Å². The summed E-state index contributed by atoms with van der Waals surface area (Å²) in [6.45, 7) is 0. The molecule has 5 nitrogen and oxygen atoms in total. The standard InChI is InChI=1S/C13H10FN3O2/c14-9-4-6-10(7-5-9)16-12(18)13(19)17-11-3-1-2-8-15-11/h1-8H,(H,16,18)(H,15,17,19). The van der Waals surface area contributed by atoms with E-state index < -0.39 is 17.6 Å². The summed E-state index contributed by atoms with van der Waals surface area (Å²) in [7, 11) is 0. The fraction of sp³-hybridized carbons (Fsp3) is 0. The van der Waals surface area contributed by atoms with Crippen LogP contribution in [0.2, 0.25) is 0 Å². The fourth-order valence-electron chi connectivity index (χ4n) is 1.33. The Morgan fingerprint density at radius 2 is 1.63 bits per heavy atom. The first-order chi connectivity index (χ1) is 9.15. The molecule has 0 unspecified atom stereocenters. The highest BCUT2D eigenvalue weighted by Crippen LogP contribution is 2.08. The second kappa shape index (κ2) is 5.72. The molecule has 0 saturated carbocycles. The predicted octanol–water partition coefficient (Wildman–Crippen LogP) is 1.80. The van der Waals surface area contributed by atoms with Gasteiger partial charge in [0.1, 0.15) is 11.6 Å². The van der Waals surface area contributed by atoms with E-state index in [-0.39, 0.29) is 5.82 Å². The first-order valence-corrected chi connectivity index (χ1v) is 5.44. The van der Waals surface area contributed by atoms with Crippen LogP contribution in [0.25, 0.3) is 0 Å². The lowest BCUT2D eigenvalue weighted by Crippen LogP contribution is -2.29. The molecule has 2 amide bonds. The highest BCUT2D eigenvalue weighted by molar-refractivity contribution is 6.43. The number of anilines is 2. The molecule has 0 spiro atoms. The highest BCUT2D eigenvalue weighted by Gasteiger charge is 2.14. The zero-order chi connectivity index (χ0) is 13.7. The van der Waals surface area contributed by atoms with Gasteiger partial charge >= 0.3 is 11.8 Å². The third kappa shape index (κ3) is 3.60. The Bertz CT molecular complexity index is 585. The third-order valence-electron chi connectivity index (χ3n) is 2.21. The van der Waals surface area contributed by atoms with Gasteiger partial charge in [-0.3, -0.25) is 9.59 Å². The van der Waals surface area contributed by atoms with Crippen molar-refractivity contribution in [1.29, 1.82) is 0 Å². The van der Waals surface area contributed by atoms with Gasteiger partial charge in [-0.1, -0.05) is 6.07 Å². The normalized spacial score (nSPS) is 9.74. The van der Waals surface area contributed by atoms with Crippen molar-refractivity contribution in [3.63, 3.8) is 0 Å². The van der Waals surface area contributed by atoms with Crippen molar-refractivity contribution < 1.29 is 14.0 Å². The van der Waals surface area contributed by atoms with E-state index in [2.05, 4.69) is 15.6 Å². The van der Waals surface area contributed by atoms with Crippen LogP contribution in [0.5, 0.6) is 0 Å². The zero-order valence-corrected chi connectivity index (χ0v) is 9.76. The molecule has 1 heterocycles. The van der Waals surface area contributed by atoms with Crippen molar-refractivity contribution in [3.05, 3.63) is 54.5 Å². The van der Waals surface area contributed by atoms with Crippen molar-refractivity contribution in [2.45, 2.75) is 0 Å². The lowest BCUT2D eigenvalue weighted by atomic mass is 10.3. The largest absolute Gasteiger partial charge is 0.318 e. The van der Waals surface area contributed by atoms with Gasteiger partial charge in [-0.25, -0.2) is 9.37 Å². The van der Waals surface area contributed by atoms with Crippen molar-refractivity contribution in [2.24, 2.45) is 0 Å². The average molecular weight is 259 g/mol. The molecule has 2 rings (SSSR count). The molecule has 0 fully saturated rings. The molecule has 2 aromatic rings. The van der Waals surface area contributed by atoms with Crippen LogP contribution >= 0.6 is 0 Å². The molecule has 0 saturated heterocycles. The fourth-order valence-corrected chi connectivity index (χ4v) is 1.33. The summed E-state index contributed by atoms with van der Waals surface area (Å²) in [5.41, 5.74) is 0.336. The Labute approximate surface area is 108 Å². The molecule has 96 valence electrons. The van der Waals surface area contributed by atoms with E-state index in [4.69, 9.17) is 0 Å². The van der Waals surface area contributed by atoms with Gasteiger partial charge in [-0.2, -0.15) is 0 Å². The summed E-state index contributed by atoms with van der Waals surface area (Å²) in [6, 6.07) is 10.0. The topological polar surface area (TPSA) is 71.1 Å². The summed E-state index contributed by atoms with van der Waals surface area (Å²) in [6.07, 6.45) is 1.49. The van der Waals surface area contributed by atoms with Gasteiger partial charge in [0, 0.05) is 11.9 Å². The van der Waals surface area contributed by atoms with E-state index in [1.54, 1.807) is 18.2 Å². The van der Waals surface area contributed by atoms with Gasteiger partial charge in [0.25, 0.3) is 0 Å². The molecular weight excluding hydrogens is 249 g/mol. The number of rotatable bonds is 2. The van der Waals surface area contributed by atoms with Gasteiger partial charge in [0.2, 0.25) is 0 Å². The molecular formula is C13H10FN3O2. The molecule has 0 atom stereocenters. The lowest BCUT2D eigenvalue weighted by molar-refractivity contribution is -0.133. The Balaban J connectivity index is 1.96. The van der Waals surface area contributed by atoms with E-state index in [0.717, 1.165) is 0 Å². The van der Waals surface area contributed by atoms with E-state index in [1.165, 1.54) is 30.5 Å². The first-order valence-electron chi connectivity index (χ1n) is 5.44. The highest BCUT2D eigenvalue weighted by atomic mass is 19.1. The van der Waals surface area contributed by atoms with Crippen LogP contribution in [0.4, 0.5) is 15.9 Å². The second-order valence-electron chi connectivity index (χ2n) is 3.63. The van der Waals surface area contributed by atoms with Crippen molar-refractivity contribution >= 4 is 23.3 Å². The quantitative estimate of drug-likeness (QED) is 0.808. The number of carbonyl (C=O) groups excluding carboxylic acids is 2. The Morgan fingerprint density at radius 1 is 0.947 bits per heavy atom. The van der Waals surface area contributed by atoms with Crippen LogP contribution < -0.4 is 10.6 Å². The minimum atomic E-state index is -0.850. The second-order valence-corrected chi connectivity index (χ2v) is 3.63. The van der Waals surface area contributed by atoms with Crippen molar-refractivity contribution in [3.8, 4) is 0 Å². The van der Waals surface area contributed by atoms with Gasteiger partial charge in [-0.15, -0.1) is 0 Å². The Morgan fingerprint density at radius 3 is 2.26 bits per heavy atom. The van der Waals surface area contributed by atoms with Crippen LogP contribution in [0.1, 0.15) is 0 Å². The molecule has 0 aliphatic carbocycles. The van der Waals surface area contributed by atoms with Crippen LogP contribution in [-0.2, 0) is 9.59 Å². The SMILES string of the molecule is O=C(Nc1ccc(F)cc1)C(=O)Nc1ccccn1. The summed E-state index contributed by atoms with van der Waals surface area (Å²) < 4.78 is 12.7. The van der Waals surface area contributed by atoms with Gasteiger partial charge < -0.3 is 10.6 Å². The number of aromatic nitrogens is 1. The maximum Gasteiger partial charge on any atom is 0.315 e. The Kier molecular flexibility index (Phi) is 3.82. The zero-order valence-electron chi connectivity index (χ0n) is 9.76. The van der Waals surface area contributed by atoms with E-state index in [1.807, 2.05) is 0 Å². The number of amides is 2. The van der Waals surface area contributed by atoms with E-state index in [9.17, 15) is 14.0 Å². The molecule has 1 aromatic heterocycles. The predicted molar refractivity (Wildman–Crippen MR) is 67.9 cm³/mol. The monoisotopic (exact) mass is 259 g/mol. The minimum absolute atomic E-state index is 0.279. The molecule has 0 radical (unpaired) electrons. The van der Waals surface area contributed by atoms with Crippen LogP contribution in [0.15, 0.2) is 48.7 Å². The summed E-state index contributed by atoms with van der Waals surface area (Å²) in [5.74, 6) is -1.84. The number of carbonyl (C=O) groups is 2. The van der Waals surface area contributed by atoms with E-state index >= 15 is 0 Å².